The molecule has 0 aromatic carbocycles. The Hall–Kier alpha value is -1.25. The van der Waals surface area contributed by atoms with E-state index in [0.717, 1.165) is 6.42 Å². The maximum atomic E-state index is 12.1. The molecule has 1 heterocycles. The van der Waals surface area contributed by atoms with Gasteiger partial charge in [0.25, 0.3) is 0 Å². The third-order valence-electron chi connectivity index (χ3n) is 2.36. The fourth-order valence-electron chi connectivity index (χ4n) is 1.60. The molecule has 0 fully saturated rings. The second-order valence-electron chi connectivity index (χ2n) is 3.87. The molecule has 0 aliphatic rings. The molecule has 0 saturated heterocycles. The summed E-state index contributed by atoms with van der Waals surface area (Å²) in [5.41, 5.74) is -3.66. The lowest BCUT2D eigenvalue weighted by Gasteiger charge is -2.08. The van der Waals surface area contributed by atoms with Crippen LogP contribution >= 0.6 is 11.8 Å². The van der Waals surface area contributed by atoms with Gasteiger partial charge in [-0.3, -0.25) is 0 Å². The highest BCUT2D eigenvalue weighted by Gasteiger charge is 2.28. The van der Waals surface area contributed by atoms with Crippen LogP contribution in [0.2, 0.25) is 0 Å². The molecule has 1 rings (SSSR count). The van der Waals surface area contributed by atoms with E-state index >= 15 is 0 Å². The van der Waals surface area contributed by atoms with Crippen molar-refractivity contribution in [3.05, 3.63) is 11.4 Å². The molecule has 5 nitrogen and oxygen atoms in total. The van der Waals surface area contributed by atoms with Crippen LogP contribution in [0.5, 0.6) is 0 Å². The van der Waals surface area contributed by atoms with Crippen LogP contribution < -0.4 is 0 Å². The van der Waals surface area contributed by atoms with E-state index in [1.165, 1.54) is 4.68 Å². The van der Waals surface area contributed by atoms with Gasteiger partial charge in [0.2, 0.25) is 0 Å². The quantitative estimate of drug-likeness (QED) is 0.725. The molecule has 0 N–H and O–H groups in total. The first-order chi connectivity index (χ1) is 9.39. The second kappa shape index (κ2) is 7.51. The summed E-state index contributed by atoms with van der Waals surface area (Å²) in [4.78, 5) is 11.7. The van der Waals surface area contributed by atoms with Crippen molar-refractivity contribution in [3.63, 3.8) is 0 Å². The highest BCUT2D eigenvalue weighted by molar-refractivity contribution is 8.00. The predicted octanol–water partition coefficient (Wildman–Crippen LogP) is 2.66. The molecule has 0 amide bonds. The van der Waals surface area contributed by atoms with Gasteiger partial charge in [0, 0.05) is 5.75 Å². The van der Waals surface area contributed by atoms with Crippen molar-refractivity contribution < 1.29 is 22.7 Å². The van der Waals surface area contributed by atoms with Crippen molar-refractivity contribution in [1.82, 2.24) is 15.0 Å². The van der Waals surface area contributed by atoms with Crippen LogP contribution in [0.15, 0.2) is 0 Å². The van der Waals surface area contributed by atoms with Gasteiger partial charge < -0.3 is 4.74 Å². The van der Waals surface area contributed by atoms with Crippen LogP contribution in [0.25, 0.3) is 0 Å². The molecule has 0 unspecified atom stereocenters. The number of hydrogen-bond acceptors (Lipinski definition) is 5. The van der Waals surface area contributed by atoms with E-state index in [-0.39, 0.29) is 36.4 Å². The highest BCUT2D eigenvalue weighted by atomic mass is 32.2. The number of nitrogens with zero attached hydrogens (tertiary/aromatic N) is 3. The lowest BCUT2D eigenvalue weighted by atomic mass is 10.2. The van der Waals surface area contributed by atoms with Gasteiger partial charge in [-0.1, -0.05) is 18.6 Å². The third kappa shape index (κ3) is 5.03. The second-order valence-corrected chi connectivity index (χ2v) is 5.03. The number of ether oxygens (including phenoxy) is 1. The standard InChI is InChI=1S/C11H16F3N3O2S/c1-3-5-8-9(10(18)19-4-2)15-16-17(8)6-7-20-11(12,13)14/h3-7H2,1-2H3. The number of thioether (sulfide) groups is 1. The minimum Gasteiger partial charge on any atom is -0.461 e. The van der Waals surface area contributed by atoms with Crippen molar-refractivity contribution in [1.29, 1.82) is 0 Å². The number of carbonyl (C=O) groups excluding carboxylic acids is 1. The summed E-state index contributed by atoms with van der Waals surface area (Å²) in [7, 11) is 0. The smallest absolute Gasteiger partial charge is 0.441 e. The van der Waals surface area contributed by atoms with Crippen molar-refractivity contribution in [2.45, 2.75) is 38.7 Å². The van der Waals surface area contributed by atoms with E-state index in [4.69, 9.17) is 4.74 Å². The number of esters is 1. The SMILES string of the molecule is CCCc1c(C(=O)OCC)nnn1CCSC(F)(F)F. The highest BCUT2D eigenvalue weighted by Crippen LogP contribution is 2.30. The zero-order valence-corrected chi connectivity index (χ0v) is 12.1. The van der Waals surface area contributed by atoms with Crippen molar-refractivity contribution in [2.75, 3.05) is 12.4 Å². The summed E-state index contributed by atoms with van der Waals surface area (Å²) in [5.74, 6) is -0.767. The monoisotopic (exact) mass is 311 g/mol. The zero-order valence-electron chi connectivity index (χ0n) is 11.2. The number of halogens is 3. The van der Waals surface area contributed by atoms with Gasteiger partial charge in [-0.05, 0) is 25.1 Å². The lowest BCUT2D eigenvalue weighted by molar-refractivity contribution is -0.0328. The van der Waals surface area contributed by atoms with Crippen LogP contribution in [0, 0.1) is 0 Å². The Bertz CT molecular complexity index is 449. The maximum Gasteiger partial charge on any atom is 0.441 e. The van der Waals surface area contributed by atoms with Crippen LogP contribution in [-0.2, 0) is 17.7 Å². The number of aromatic nitrogens is 3. The van der Waals surface area contributed by atoms with Crippen LogP contribution in [0.3, 0.4) is 0 Å². The molecule has 0 saturated carbocycles. The number of aryl methyl sites for hydroxylation is 1. The molecular formula is C11H16F3N3O2S. The fourth-order valence-corrected chi connectivity index (χ4v) is 2.10. The average molecular weight is 311 g/mol. The van der Waals surface area contributed by atoms with E-state index in [2.05, 4.69) is 10.3 Å². The molecule has 20 heavy (non-hydrogen) atoms. The molecule has 0 spiro atoms. The molecule has 114 valence electrons. The summed E-state index contributed by atoms with van der Waals surface area (Å²) in [6.45, 7) is 3.83. The molecule has 0 radical (unpaired) electrons. The van der Waals surface area contributed by atoms with E-state index in [1.807, 2.05) is 6.92 Å². The Morgan fingerprint density at radius 3 is 2.65 bits per heavy atom. The van der Waals surface area contributed by atoms with Crippen molar-refractivity contribution >= 4 is 17.7 Å². The van der Waals surface area contributed by atoms with Gasteiger partial charge >= 0.3 is 11.5 Å². The Labute approximate surface area is 118 Å². The lowest BCUT2D eigenvalue weighted by Crippen LogP contribution is -2.13. The topological polar surface area (TPSA) is 57.0 Å². The molecular weight excluding hydrogens is 295 g/mol. The normalized spacial score (nSPS) is 11.7. The van der Waals surface area contributed by atoms with Gasteiger partial charge in [-0.2, -0.15) is 13.2 Å². The Morgan fingerprint density at radius 1 is 1.40 bits per heavy atom. The molecule has 0 bridgehead atoms. The van der Waals surface area contributed by atoms with Crippen molar-refractivity contribution in [2.24, 2.45) is 0 Å². The fraction of sp³-hybridized carbons (Fsp3) is 0.727. The first kappa shape index (κ1) is 16.8. The van der Waals surface area contributed by atoms with Crippen LogP contribution in [0.1, 0.15) is 36.5 Å². The average Bonchev–Trinajstić information content (AvgIpc) is 2.72. The number of carbonyl (C=O) groups is 1. The maximum absolute atomic E-state index is 12.1. The minimum atomic E-state index is -4.27. The minimum absolute atomic E-state index is 0.0475. The Morgan fingerprint density at radius 2 is 2.10 bits per heavy atom. The van der Waals surface area contributed by atoms with Gasteiger partial charge in [-0.15, -0.1) is 5.10 Å². The summed E-state index contributed by atoms with van der Waals surface area (Å²) in [5, 5.41) is 7.46. The summed E-state index contributed by atoms with van der Waals surface area (Å²) >= 11 is -0.122. The first-order valence-electron chi connectivity index (χ1n) is 6.19. The summed E-state index contributed by atoms with van der Waals surface area (Å²) in [6, 6.07) is 0. The first-order valence-corrected chi connectivity index (χ1v) is 7.17. The van der Waals surface area contributed by atoms with Gasteiger partial charge in [-0.25, -0.2) is 9.48 Å². The summed E-state index contributed by atoms with van der Waals surface area (Å²) < 4.78 is 42.4. The van der Waals surface area contributed by atoms with E-state index in [9.17, 15) is 18.0 Å². The summed E-state index contributed by atoms with van der Waals surface area (Å²) in [6.07, 6.45) is 1.24. The number of hydrogen-bond donors (Lipinski definition) is 0. The van der Waals surface area contributed by atoms with E-state index in [0.29, 0.717) is 12.1 Å². The van der Waals surface area contributed by atoms with Gasteiger partial charge in [0.15, 0.2) is 5.69 Å². The van der Waals surface area contributed by atoms with Crippen molar-refractivity contribution in [3.8, 4) is 0 Å². The van der Waals surface area contributed by atoms with Crippen LogP contribution in [-0.4, -0.2) is 38.8 Å². The molecule has 0 aliphatic heterocycles. The number of alkyl halides is 3. The molecule has 1 aromatic heterocycles. The number of rotatable bonds is 7. The molecule has 0 atom stereocenters. The molecule has 1 aromatic rings. The molecule has 9 heteroatoms. The van der Waals surface area contributed by atoms with Gasteiger partial charge in [0.05, 0.1) is 18.8 Å². The van der Waals surface area contributed by atoms with Crippen LogP contribution in [0.4, 0.5) is 13.2 Å². The zero-order chi connectivity index (χ0) is 15.2. The third-order valence-corrected chi connectivity index (χ3v) is 3.08. The molecule has 0 aliphatic carbocycles. The Balaban J connectivity index is 2.78. The van der Waals surface area contributed by atoms with Gasteiger partial charge in [0.1, 0.15) is 0 Å². The van der Waals surface area contributed by atoms with E-state index in [1.54, 1.807) is 6.92 Å². The predicted molar refractivity (Wildman–Crippen MR) is 68.5 cm³/mol. The Kier molecular flexibility index (Phi) is 6.31. The largest absolute Gasteiger partial charge is 0.461 e. The van der Waals surface area contributed by atoms with E-state index < -0.39 is 11.5 Å².